The molecule has 1 atom stereocenters. The van der Waals surface area contributed by atoms with Gasteiger partial charge in [0.1, 0.15) is 0 Å². The topological polar surface area (TPSA) is 29.1 Å². The van der Waals surface area contributed by atoms with Gasteiger partial charge in [-0.2, -0.15) is 0 Å². The summed E-state index contributed by atoms with van der Waals surface area (Å²) in [5.41, 5.74) is 0.988. The molecule has 1 aliphatic rings. The largest absolute Gasteiger partial charge is 0.374 e. The van der Waals surface area contributed by atoms with Crippen molar-refractivity contribution in [2.45, 2.75) is 17.9 Å². The highest BCUT2D eigenvalue weighted by Gasteiger charge is 2.22. The number of rotatable bonds is 0. The van der Waals surface area contributed by atoms with Crippen LogP contribution in [-0.4, -0.2) is 11.2 Å². The molecule has 2 nitrogen and oxygen atoms in total. The fraction of sp³-hybridized carbons (Fsp3) is 0.222. The fourth-order valence-electron chi connectivity index (χ4n) is 1.19. The van der Waals surface area contributed by atoms with Gasteiger partial charge in [-0.25, -0.2) is 0 Å². The summed E-state index contributed by atoms with van der Waals surface area (Å²) in [5, 5.41) is 3.90. The SMILES string of the molecule is CC1Nc2ccc(Cl)cc2SC1=O. The summed E-state index contributed by atoms with van der Waals surface area (Å²) in [6.45, 7) is 1.85. The van der Waals surface area contributed by atoms with Crippen LogP contribution in [0.25, 0.3) is 0 Å². The summed E-state index contributed by atoms with van der Waals surface area (Å²) >= 11 is 7.06. The van der Waals surface area contributed by atoms with Crippen LogP contribution in [0.15, 0.2) is 23.1 Å². The first-order chi connectivity index (χ1) is 6.16. The van der Waals surface area contributed by atoms with Gasteiger partial charge in [-0.15, -0.1) is 0 Å². The van der Waals surface area contributed by atoms with Crippen molar-refractivity contribution in [3.05, 3.63) is 23.2 Å². The molecular weight excluding hydrogens is 206 g/mol. The number of carbonyl (C=O) groups excluding carboxylic acids is 1. The van der Waals surface area contributed by atoms with Crippen molar-refractivity contribution < 1.29 is 4.79 Å². The maximum atomic E-state index is 11.3. The molecule has 1 aliphatic heterocycles. The monoisotopic (exact) mass is 213 g/mol. The third-order valence-electron chi connectivity index (χ3n) is 1.88. The Balaban J connectivity index is 2.42. The lowest BCUT2D eigenvalue weighted by Crippen LogP contribution is -2.27. The van der Waals surface area contributed by atoms with E-state index in [1.165, 1.54) is 11.8 Å². The van der Waals surface area contributed by atoms with E-state index in [2.05, 4.69) is 5.32 Å². The number of benzene rings is 1. The quantitative estimate of drug-likeness (QED) is 0.719. The molecule has 0 fully saturated rings. The summed E-state index contributed by atoms with van der Waals surface area (Å²) in [6, 6.07) is 5.40. The zero-order valence-corrected chi connectivity index (χ0v) is 8.58. The second-order valence-corrected chi connectivity index (χ2v) is 4.41. The van der Waals surface area contributed by atoms with E-state index in [1.807, 2.05) is 19.1 Å². The first-order valence-electron chi connectivity index (χ1n) is 3.94. The van der Waals surface area contributed by atoms with Crippen molar-refractivity contribution in [3.8, 4) is 0 Å². The number of fused-ring (bicyclic) bond motifs is 1. The maximum Gasteiger partial charge on any atom is 0.215 e. The Hall–Kier alpha value is -0.670. The number of nitrogens with one attached hydrogen (secondary N) is 1. The minimum absolute atomic E-state index is 0.112. The Labute approximate surface area is 85.7 Å². The van der Waals surface area contributed by atoms with Crippen LogP contribution >= 0.6 is 23.4 Å². The van der Waals surface area contributed by atoms with Crippen molar-refractivity contribution in [2.75, 3.05) is 5.32 Å². The maximum absolute atomic E-state index is 11.3. The van der Waals surface area contributed by atoms with Gasteiger partial charge < -0.3 is 5.32 Å². The number of thioether (sulfide) groups is 1. The second kappa shape index (κ2) is 3.24. The predicted molar refractivity (Wildman–Crippen MR) is 55.4 cm³/mol. The van der Waals surface area contributed by atoms with Gasteiger partial charge >= 0.3 is 0 Å². The van der Waals surface area contributed by atoms with Gasteiger partial charge in [-0.3, -0.25) is 4.79 Å². The van der Waals surface area contributed by atoms with E-state index in [0.717, 1.165) is 10.6 Å². The van der Waals surface area contributed by atoms with E-state index in [1.54, 1.807) is 6.07 Å². The molecule has 0 aromatic heterocycles. The number of hydrogen-bond donors (Lipinski definition) is 1. The van der Waals surface area contributed by atoms with Crippen LogP contribution in [0.4, 0.5) is 5.69 Å². The van der Waals surface area contributed by atoms with Gasteiger partial charge in [0.15, 0.2) is 0 Å². The molecule has 1 unspecified atom stereocenters. The molecule has 1 heterocycles. The third kappa shape index (κ3) is 1.67. The van der Waals surface area contributed by atoms with Crippen LogP contribution in [-0.2, 0) is 4.79 Å². The lowest BCUT2D eigenvalue weighted by molar-refractivity contribution is -0.111. The lowest BCUT2D eigenvalue weighted by Gasteiger charge is -2.21. The molecule has 1 aromatic rings. The molecule has 13 heavy (non-hydrogen) atoms. The number of hydrogen-bond acceptors (Lipinski definition) is 3. The standard InChI is InChI=1S/C9H8ClNOS/c1-5-9(12)13-8-4-6(10)2-3-7(8)11-5/h2-5,11H,1H3. The van der Waals surface area contributed by atoms with Crippen LogP contribution in [0.2, 0.25) is 5.02 Å². The highest BCUT2D eigenvalue weighted by molar-refractivity contribution is 8.14. The molecule has 0 amide bonds. The molecule has 0 radical (unpaired) electrons. The van der Waals surface area contributed by atoms with Crippen molar-refractivity contribution in [1.29, 1.82) is 0 Å². The summed E-state index contributed by atoms with van der Waals surface area (Å²) in [4.78, 5) is 12.2. The third-order valence-corrected chi connectivity index (χ3v) is 3.23. The molecule has 0 aliphatic carbocycles. The van der Waals surface area contributed by atoms with Crippen molar-refractivity contribution in [3.63, 3.8) is 0 Å². The molecule has 2 rings (SSSR count). The summed E-state index contributed by atoms with van der Waals surface area (Å²) < 4.78 is 0. The summed E-state index contributed by atoms with van der Waals surface area (Å²) in [6.07, 6.45) is 0. The van der Waals surface area contributed by atoms with Crippen LogP contribution in [0.3, 0.4) is 0 Å². The first kappa shape index (κ1) is 8.91. The predicted octanol–water partition coefficient (Wildman–Crippen LogP) is 2.77. The molecular formula is C9H8ClNOS. The van der Waals surface area contributed by atoms with Gasteiger partial charge in [0.05, 0.1) is 6.04 Å². The first-order valence-corrected chi connectivity index (χ1v) is 5.14. The van der Waals surface area contributed by atoms with E-state index >= 15 is 0 Å². The lowest BCUT2D eigenvalue weighted by atomic mass is 10.2. The highest BCUT2D eigenvalue weighted by Crippen LogP contribution is 2.35. The summed E-state index contributed by atoms with van der Waals surface area (Å²) in [5.74, 6) is 0. The molecule has 0 saturated heterocycles. The molecule has 1 N–H and O–H groups in total. The van der Waals surface area contributed by atoms with E-state index < -0.39 is 0 Å². The van der Waals surface area contributed by atoms with Gasteiger partial charge in [-0.1, -0.05) is 11.6 Å². The van der Waals surface area contributed by atoms with Gasteiger partial charge in [0.25, 0.3) is 0 Å². The fourth-order valence-corrected chi connectivity index (χ4v) is 2.30. The van der Waals surface area contributed by atoms with E-state index in [-0.39, 0.29) is 11.2 Å². The van der Waals surface area contributed by atoms with E-state index in [0.29, 0.717) is 5.02 Å². The van der Waals surface area contributed by atoms with Crippen molar-refractivity contribution in [2.24, 2.45) is 0 Å². The Bertz CT molecular complexity index is 367. The molecule has 4 heteroatoms. The van der Waals surface area contributed by atoms with E-state index in [4.69, 9.17) is 11.6 Å². The second-order valence-electron chi connectivity index (χ2n) is 2.93. The number of halogens is 1. The zero-order chi connectivity index (χ0) is 9.42. The number of carbonyl (C=O) groups is 1. The van der Waals surface area contributed by atoms with Crippen LogP contribution in [0, 0.1) is 0 Å². The normalized spacial score (nSPS) is 20.8. The van der Waals surface area contributed by atoms with Crippen LogP contribution in [0.5, 0.6) is 0 Å². The minimum atomic E-state index is -0.112. The number of anilines is 1. The van der Waals surface area contributed by atoms with E-state index in [9.17, 15) is 4.79 Å². The van der Waals surface area contributed by atoms with Gasteiger partial charge in [0, 0.05) is 15.6 Å². The Morgan fingerprint density at radius 1 is 1.54 bits per heavy atom. The smallest absolute Gasteiger partial charge is 0.215 e. The average molecular weight is 214 g/mol. The van der Waals surface area contributed by atoms with Crippen molar-refractivity contribution >= 4 is 34.2 Å². The average Bonchev–Trinajstić information content (AvgIpc) is 2.08. The van der Waals surface area contributed by atoms with Crippen LogP contribution in [0.1, 0.15) is 6.92 Å². The Morgan fingerprint density at radius 2 is 2.31 bits per heavy atom. The molecule has 0 saturated carbocycles. The molecule has 0 spiro atoms. The Morgan fingerprint density at radius 3 is 3.08 bits per heavy atom. The highest BCUT2D eigenvalue weighted by atomic mass is 35.5. The van der Waals surface area contributed by atoms with Crippen LogP contribution < -0.4 is 5.32 Å². The summed E-state index contributed by atoms with van der Waals surface area (Å²) in [7, 11) is 0. The van der Waals surface area contributed by atoms with Crippen molar-refractivity contribution in [1.82, 2.24) is 0 Å². The zero-order valence-electron chi connectivity index (χ0n) is 7.00. The van der Waals surface area contributed by atoms with Gasteiger partial charge in [0.2, 0.25) is 5.12 Å². The molecule has 1 aromatic carbocycles. The molecule has 0 bridgehead atoms. The van der Waals surface area contributed by atoms with Gasteiger partial charge in [-0.05, 0) is 36.9 Å². The Kier molecular flexibility index (Phi) is 2.22. The minimum Gasteiger partial charge on any atom is -0.374 e. The molecule has 68 valence electrons.